The van der Waals surface area contributed by atoms with E-state index in [1.54, 1.807) is 19.5 Å². The second kappa shape index (κ2) is 9.92. The molecule has 0 N–H and O–H groups in total. The maximum absolute atomic E-state index is 13.5. The monoisotopic (exact) mass is 433 g/mol. The van der Waals surface area contributed by atoms with Crippen molar-refractivity contribution in [1.29, 1.82) is 0 Å². The highest BCUT2D eigenvalue weighted by Crippen LogP contribution is 2.34. The van der Waals surface area contributed by atoms with E-state index in [0.29, 0.717) is 5.75 Å². The second-order valence-electron chi connectivity index (χ2n) is 7.76. The molecule has 0 bridgehead atoms. The second-order valence-corrected chi connectivity index (χ2v) is 9.21. The molecule has 2 aromatic carbocycles. The van der Waals surface area contributed by atoms with Crippen molar-refractivity contribution in [2.45, 2.75) is 43.6 Å². The number of nitrogens with zero attached hydrogens (tertiary/aromatic N) is 1. The first-order valence-electron chi connectivity index (χ1n) is 10.6. The summed E-state index contributed by atoms with van der Waals surface area (Å²) in [7, 11) is 0.317. The summed E-state index contributed by atoms with van der Waals surface area (Å²) in [5, 5.41) is 0. The Balaban J connectivity index is 1.73. The summed E-state index contributed by atoms with van der Waals surface area (Å²) >= 11 is 0. The van der Waals surface area contributed by atoms with Crippen LogP contribution >= 0.6 is 0 Å². The Morgan fingerprint density at radius 2 is 1.71 bits per heavy atom. The lowest BCUT2D eigenvalue weighted by Gasteiger charge is -2.16. The van der Waals surface area contributed by atoms with E-state index in [1.165, 1.54) is 12.8 Å². The Kier molecular flexibility index (Phi) is 6.82. The van der Waals surface area contributed by atoms with E-state index in [9.17, 15) is 4.21 Å². The van der Waals surface area contributed by atoms with Crippen LogP contribution in [0.25, 0.3) is 11.0 Å². The van der Waals surface area contributed by atoms with Gasteiger partial charge in [-0.1, -0.05) is 23.8 Å². The van der Waals surface area contributed by atoms with Crippen molar-refractivity contribution >= 4 is 21.8 Å². The van der Waals surface area contributed by atoms with E-state index >= 15 is 0 Å². The summed E-state index contributed by atoms with van der Waals surface area (Å²) in [4.78, 5) is 5.60. The summed E-state index contributed by atoms with van der Waals surface area (Å²) in [5.74, 6) is 1.45. The Hall–Kier alpha value is -2.92. The molecule has 0 unspecified atom stereocenters. The Labute approximate surface area is 186 Å². The zero-order valence-electron chi connectivity index (χ0n) is 17.9. The summed E-state index contributed by atoms with van der Waals surface area (Å²) in [6.45, 7) is 2.02. The van der Waals surface area contributed by atoms with E-state index in [0.717, 1.165) is 45.1 Å². The van der Waals surface area contributed by atoms with Gasteiger partial charge in [-0.3, -0.25) is 4.98 Å². The van der Waals surface area contributed by atoms with Crippen molar-refractivity contribution in [3.63, 3.8) is 0 Å². The normalized spacial score (nSPS) is 15.6. The molecule has 4 rings (SSSR count). The number of benzene rings is 2. The molecule has 0 radical (unpaired) electrons. The Morgan fingerprint density at radius 3 is 2.39 bits per heavy atom. The number of hydrogen-bond donors (Lipinski definition) is 0. The molecule has 1 aromatic heterocycles. The third kappa shape index (κ3) is 5.23. The third-order valence-corrected chi connectivity index (χ3v) is 6.93. The smallest absolute Gasteiger partial charge is 0.162 e. The van der Waals surface area contributed by atoms with Gasteiger partial charge in [0.2, 0.25) is 0 Å². The van der Waals surface area contributed by atoms with E-state index in [1.807, 2.05) is 67.6 Å². The molecule has 0 aliphatic heterocycles. The highest BCUT2D eigenvalue weighted by molar-refractivity contribution is 7.94. The minimum absolute atomic E-state index is 0.231. The molecular formula is C26H27NO3S. The molecule has 3 aromatic rings. The van der Waals surface area contributed by atoms with Crippen LogP contribution in [0.4, 0.5) is 0 Å². The van der Waals surface area contributed by atoms with Gasteiger partial charge in [-0.05, 0) is 86.2 Å². The molecule has 1 saturated carbocycles. The number of ether oxygens (including phenoxy) is 2. The van der Waals surface area contributed by atoms with Crippen molar-refractivity contribution in [1.82, 2.24) is 4.98 Å². The molecular weight excluding hydrogens is 406 g/mol. The van der Waals surface area contributed by atoms with Gasteiger partial charge in [-0.25, -0.2) is 4.21 Å². The van der Waals surface area contributed by atoms with Crippen LogP contribution in [0.3, 0.4) is 0 Å². The topological polar surface area (TPSA) is 48.4 Å². The van der Waals surface area contributed by atoms with Gasteiger partial charge in [-0.2, -0.15) is 0 Å². The van der Waals surface area contributed by atoms with E-state index in [-0.39, 0.29) is 6.10 Å². The number of hydrogen-bond acceptors (Lipinski definition) is 4. The average molecular weight is 434 g/mol. The van der Waals surface area contributed by atoms with Gasteiger partial charge in [0.1, 0.15) is 0 Å². The lowest BCUT2D eigenvalue weighted by Crippen LogP contribution is -2.11. The maximum Gasteiger partial charge on any atom is 0.162 e. The minimum atomic E-state index is -1.34. The van der Waals surface area contributed by atoms with Crippen LogP contribution in [0.5, 0.6) is 11.5 Å². The van der Waals surface area contributed by atoms with Crippen LogP contribution < -0.4 is 9.47 Å². The quantitative estimate of drug-likeness (QED) is 0.457. The molecule has 0 saturated heterocycles. The molecule has 5 heteroatoms. The molecule has 0 spiro atoms. The number of rotatable bonds is 7. The highest BCUT2D eigenvalue weighted by atomic mass is 32.2. The first-order valence-corrected chi connectivity index (χ1v) is 11.7. The third-order valence-electron chi connectivity index (χ3n) is 5.48. The zero-order chi connectivity index (χ0) is 21.6. The summed E-state index contributed by atoms with van der Waals surface area (Å²) in [6, 6.07) is 17.4. The van der Waals surface area contributed by atoms with Gasteiger partial charge in [0.05, 0.1) is 28.9 Å². The largest absolute Gasteiger partial charge is 0.493 e. The van der Waals surface area contributed by atoms with E-state index < -0.39 is 10.8 Å². The van der Waals surface area contributed by atoms with E-state index in [2.05, 4.69) is 4.98 Å². The van der Waals surface area contributed by atoms with Crippen LogP contribution in [0, 0.1) is 6.92 Å². The van der Waals surface area contributed by atoms with Crippen molar-refractivity contribution < 1.29 is 13.7 Å². The van der Waals surface area contributed by atoms with Crippen LogP contribution in [0.2, 0.25) is 0 Å². The van der Waals surface area contributed by atoms with Gasteiger partial charge in [0.25, 0.3) is 0 Å². The lowest BCUT2D eigenvalue weighted by atomic mass is 10.1. The van der Waals surface area contributed by atoms with Crippen LogP contribution in [-0.4, -0.2) is 22.4 Å². The first-order chi connectivity index (χ1) is 15.1. The van der Waals surface area contributed by atoms with Crippen molar-refractivity contribution in [2.24, 2.45) is 0 Å². The van der Waals surface area contributed by atoms with Crippen LogP contribution in [0.15, 0.2) is 71.9 Å². The zero-order valence-corrected chi connectivity index (χ0v) is 18.7. The molecule has 1 atom stereocenters. The number of aromatic nitrogens is 1. The predicted octanol–water partition coefficient (Wildman–Crippen LogP) is 6.03. The maximum atomic E-state index is 13.5. The fourth-order valence-electron chi connectivity index (χ4n) is 3.76. The van der Waals surface area contributed by atoms with Crippen molar-refractivity contribution in [3.05, 3.63) is 83.7 Å². The highest BCUT2D eigenvalue weighted by Gasteiger charge is 2.19. The number of aryl methyl sites for hydroxylation is 1. The van der Waals surface area contributed by atoms with Gasteiger partial charge in [0.15, 0.2) is 11.5 Å². The van der Waals surface area contributed by atoms with Crippen LogP contribution in [0.1, 0.15) is 42.4 Å². The van der Waals surface area contributed by atoms with Crippen molar-refractivity contribution in [2.75, 3.05) is 7.11 Å². The molecule has 1 aliphatic rings. The standard InChI is InChI=1S/C26H27NO3S/c1-19-7-10-23(11-8-19)31(28)26(21-13-15-27-16-14-21)18-20-9-12-24(29-2)25(17-20)30-22-5-3-4-6-22/h7-18,22H,3-6H2,1-2H3/b26-18+/t31-/m1/s1. The van der Waals surface area contributed by atoms with Gasteiger partial charge in [-0.15, -0.1) is 0 Å². The molecule has 1 fully saturated rings. The SMILES string of the molecule is COc1ccc(/C=C(\c2ccncc2)[S@](=O)c2ccc(C)cc2)cc1OC1CCCC1. The first kappa shape index (κ1) is 21.3. The van der Waals surface area contributed by atoms with Crippen LogP contribution in [-0.2, 0) is 10.8 Å². The molecule has 31 heavy (non-hydrogen) atoms. The molecule has 0 amide bonds. The summed E-state index contributed by atoms with van der Waals surface area (Å²) in [6.07, 6.45) is 10.2. The molecule has 4 nitrogen and oxygen atoms in total. The molecule has 160 valence electrons. The molecule has 1 heterocycles. The van der Waals surface area contributed by atoms with E-state index in [4.69, 9.17) is 9.47 Å². The fraction of sp³-hybridized carbons (Fsp3) is 0.269. The molecule has 1 aliphatic carbocycles. The minimum Gasteiger partial charge on any atom is -0.493 e. The van der Waals surface area contributed by atoms with Crippen molar-refractivity contribution in [3.8, 4) is 11.5 Å². The summed E-state index contributed by atoms with van der Waals surface area (Å²) < 4.78 is 25.3. The summed E-state index contributed by atoms with van der Waals surface area (Å²) in [5.41, 5.74) is 2.93. The van der Waals surface area contributed by atoms with Gasteiger partial charge in [0, 0.05) is 17.3 Å². The Morgan fingerprint density at radius 1 is 1.00 bits per heavy atom. The average Bonchev–Trinajstić information content (AvgIpc) is 3.31. The van der Waals surface area contributed by atoms with Gasteiger partial charge < -0.3 is 9.47 Å². The van der Waals surface area contributed by atoms with Gasteiger partial charge >= 0.3 is 0 Å². The lowest BCUT2D eigenvalue weighted by molar-refractivity contribution is 0.201. The fourth-order valence-corrected chi connectivity index (χ4v) is 4.99. The predicted molar refractivity (Wildman–Crippen MR) is 126 cm³/mol. The number of pyridine rings is 1. The number of methoxy groups -OCH3 is 1. The Bertz CT molecular complexity index is 1070.